The van der Waals surface area contributed by atoms with Crippen molar-refractivity contribution in [2.45, 2.75) is 45.7 Å². The maximum Gasteiger partial charge on any atom is 0.322 e. The number of nitrogens with one attached hydrogen (secondary N) is 1. The largest absolute Gasteiger partial charge is 0.468 e. The monoisotopic (exact) mass is 287 g/mol. The van der Waals surface area contributed by atoms with Crippen molar-refractivity contribution in [3.63, 3.8) is 0 Å². The molecular weight excluding hydrogens is 254 g/mol. The second-order valence-corrected chi connectivity index (χ2v) is 5.56. The summed E-state index contributed by atoms with van der Waals surface area (Å²) in [7, 11) is 5.63. The van der Waals surface area contributed by atoms with Crippen LogP contribution in [0.3, 0.4) is 0 Å². The first-order valence-corrected chi connectivity index (χ1v) is 7.66. The molecule has 120 valence electrons. The first-order chi connectivity index (χ1) is 9.46. The zero-order valence-electron chi connectivity index (χ0n) is 14.1. The van der Waals surface area contributed by atoms with Gasteiger partial charge >= 0.3 is 5.97 Å². The van der Waals surface area contributed by atoms with Gasteiger partial charge in [0.2, 0.25) is 0 Å². The molecular formula is C15H33N3O2. The summed E-state index contributed by atoms with van der Waals surface area (Å²) in [6, 6.07) is 0.292. The minimum absolute atomic E-state index is 0.158. The maximum absolute atomic E-state index is 11.8. The Kier molecular flexibility index (Phi) is 10.7. The molecule has 0 fully saturated rings. The highest BCUT2D eigenvalue weighted by atomic mass is 16.5. The molecule has 0 rings (SSSR count). The lowest BCUT2D eigenvalue weighted by Crippen LogP contribution is -2.45. The predicted octanol–water partition coefficient (Wildman–Crippen LogP) is 1.19. The molecule has 0 amide bonds. The molecule has 5 nitrogen and oxygen atoms in total. The van der Waals surface area contributed by atoms with Gasteiger partial charge in [-0.3, -0.25) is 9.69 Å². The lowest BCUT2D eigenvalue weighted by molar-refractivity contribution is -0.143. The van der Waals surface area contributed by atoms with E-state index in [9.17, 15) is 4.79 Å². The molecule has 0 bridgehead atoms. The fraction of sp³-hybridized carbons (Fsp3) is 0.933. The van der Waals surface area contributed by atoms with E-state index in [4.69, 9.17) is 4.74 Å². The Hall–Kier alpha value is -0.650. The Morgan fingerprint density at radius 3 is 2.40 bits per heavy atom. The number of hydrogen-bond donors (Lipinski definition) is 1. The highest BCUT2D eigenvalue weighted by Gasteiger charge is 2.20. The van der Waals surface area contributed by atoms with Crippen molar-refractivity contribution < 1.29 is 9.53 Å². The summed E-state index contributed by atoms with van der Waals surface area (Å²) >= 11 is 0. The van der Waals surface area contributed by atoms with Crippen LogP contribution in [-0.4, -0.2) is 75.2 Å². The number of likely N-dealkylation sites (N-methyl/N-ethyl adjacent to an activating group) is 2. The molecule has 0 aromatic carbocycles. The topological polar surface area (TPSA) is 44.8 Å². The average molecular weight is 287 g/mol. The highest BCUT2D eigenvalue weighted by Crippen LogP contribution is 2.05. The van der Waals surface area contributed by atoms with Crippen LogP contribution in [0, 0.1) is 0 Å². The SMILES string of the molecule is CCCNC(CCN(CC)C(C)CN(C)C)C(=O)OC. The first-order valence-electron chi connectivity index (χ1n) is 7.66. The Bertz CT molecular complexity index is 260. The quantitative estimate of drug-likeness (QED) is 0.578. The molecule has 1 N–H and O–H groups in total. The lowest BCUT2D eigenvalue weighted by atomic mass is 10.1. The summed E-state index contributed by atoms with van der Waals surface area (Å²) in [6.07, 6.45) is 1.81. The van der Waals surface area contributed by atoms with Crippen molar-refractivity contribution in [3.05, 3.63) is 0 Å². The molecule has 2 atom stereocenters. The van der Waals surface area contributed by atoms with Gasteiger partial charge in [-0.15, -0.1) is 0 Å². The predicted molar refractivity (Wildman–Crippen MR) is 84.0 cm³/mol. The molecule has 0 spiro atoms. The summed E-state index contributed by atoms with van der Waals surface area (Å²) in [5.74, 6) is -0.158. The summed E-state index contributed by atoms with van der Waals surface area (Å²) in [5.41, 5.74) is 0. The number of ether oxygens (including phenoxy) is 1. The number of esters is 1. The molecule has 0 aliphatic rings. The average Bonchev–Trinajstić information content (AvgIpc) is 2.41. The fourth-order valence-electron chi connectivity index (χ4n) is 2.39. The van der Waals surface area contributed by atoms with Crippen molar-refractivity contribution >= 4 is 5.97 Å². The van der Waals surface area contributed by atoms with Gasteiger partial charge in [0.15, 0.2) is 0 Å². The van der Waals surface area contributed by atoms with Crippen molar-refractivity contribution in [2.24, 2.45) is 0 Å². The van der Waals surface area contributed by atoms with Gasteiger partial charge in [0, 0.05) is 19.1 Å². The number of methoxy groups -OCH3 is 1. The number of carbonyl (C=O) groups is 1. The third-order valence-electron chi connectivity index (χ3n) is 3.49. The summed E-state index contributed by atoms with van der Waals surface area (Å²) in [6.45, 7) is 10.3. The lowest BCUT2D eigenvalue weighted by Gasteiger charge is -2.31. The summed E-state index contributed by atoms with van der Waals surface area (Å²) < 4.78 is 4.87. The minimum Gasteiger partial charge on any atom is -0.468 e. The van der Waals surface area contributed by atoms with E-state index in [0.29, 0.717) is 6.04 Å². The number of rotatable bonds is 11. The molecule has 0 aliphatic heterocycles. The van der Waals surface area contributed by atoms with Gasteiger partial charge in [-0.2, -0.15) is 0 Å². The molecule has 5 heteroatoms. The van der Waals surface area contributed by atoms with Gasteiger partial charge in [-0.1, -0.05) is 13.8 Å². The van der Waals surface area contributed by atoms with Crippen LogP contribution in [-0.2, 0) is 9.53 Å². The van der Waals surface area contributed by atoms with E-state index in [1.54, 1.807) is 0 Å². The van der Waals surface area contributed by atoms with E-state index in [2.05, 4.69) is 50.0 Å². The van der Waals surface area contributed by atoms with Crippen LogP contribution in [0.5, 0.6) is 0 Å². The maximum atomic E-state index is 11.8. The van der Waals surface area contributed by atoms with Crippen LogP contribution < -0.4 is 5.32 Å². The van der Waals surface area contributed by atoms with Gasteiger partial charge in [-0.25, -0.2) is 0 Å². The van der Waals surface area contributed by atoms with E-state index in [0.717, 1.165) is 39.0 Å². The Labute approximate surface area is 124 Å². The van der Waals surface area contributed by atoms with E-state index in [-0.39, 0.29) is 12.0 Å². The van der Waals surface area contributed by atoms with Crippen LogP contribution in [0.2, 0.25) is 0 Å². The molecule has 0 aromatic heterocycles. The van der Waals surface area contributed by atoms with Gasteiger partial charge in [0.05, 0.1) is 7.11 Å². The van der Waals surface area contributed by atoms with Gasteiger partial charge in [0.1, 0.15) is 6.04 Å². The van der Waals surface area contributed by atoms with Crippen LogP contribution in [0.15, 0.2) is 0 Å². The van der Waals surface area contributed by atoms with Crippen molar-refractivity contribution in [1.82, 2.24) is 15.1 Å². The van der Waals surface area contributed by atoms with E-state index < -0.39 is 0 Å². The van der Waals surface area contributed by atoms with Crippen LogP contribution in [0.1, 0.15) is 33.6 Å². The number of hydrogen-bond acceptors (Lipinski definition) is 5. The normalized spacial score (nSPS) is 14.6. The fourth-order valence-corrected chi connectivity index (χ4v) is 2.39. The zero-order chi connectivity index (χ0) is 15.5. The van der Waals surface area contributed by atoms with Crippen LogP contribution >= 0.6 is 0 Å². The molecule has 20 heavy (non-hydrogen) atoms. The van der Waals surface area contributed by atoms with Crippen molar-refractivity contribution in [2.75, 3.05) is 47.4 Å². The number of nitrogens with zero attached hydrogens (tertiary/aromatic N) is 2. The number of carbonyl (C=O) groups excluding carboxylic acids is 1. The van der Waals surface area contributed by atoms with E-state index in [1.807, 2.05) is 0 Å². The third-order valence-corrected chi connectivity index (χ3v) is 3.49. The van der Waals surface area contributed by atoms with Crippen LogP contribution in [0.4, 0.5) is 0 Å². The second kappa shape index (κ2) is 11.1. The second-order valence-electron chi connectivity index (χ2n) is 5.56. The summed E-state index contributed by atoms with van der Waals surface area (Å²) in [5, 5.41) is 3.27. The van der Waals surface area contributed by atoms with E-state index >= 15 is 0 Å². The standard InChI is InChI=1S/C15H33N3O2/c1-7-10-16-14(15(19)20-6)9-11-18(8-2)13(3)12-17(4)5/h13-14,16H,7-12H2,1-6H3. The molecule has 0 saturated carbocycles. The third kappa shape index (κ3) is 7.82. The molecule has 0 saturated heterocycles. The van der Waals surface area contributed by atoms with Crippen molar-refractivity contribution in [1.29, 1.82) is 0 Å². The zero-order valence-corrected chi connectivity index (χ0v) is 14.1. The highest BCUT2D eigenvalue weighted by molar-refractivity contribution is 5.75. The Morgan fingerprint density at radius 1 is 1.30 bits per heavy atom. The minimum atomic E-state index is -0.194. The molecule has 0 aromatic rings. The molecule has 0 heterocycles. The molecule has 0 radical (unpaired) electrons. The van der Waals surface area contributed by atoms with Gasteiger partial charge in [-0.05, 0) is 47.0 Å². The molecule has 0 aliphatic carbocycles. The first kappa shape index (κ1) is 19.4. The summed E-state index contributed by atoms with van der Waals surface area (Å²) in [4.78, 5) is 16.4. The van der Waals surface area contributed by atoms with Crippen molar-refractivity contribution in [3.8, 4) is 0 Å². The Morgan fingerprint density at radius 2 is 1.95 bits per heavy atom. The van der Waals surface area contributed by atoms with Gasteiger partial charge < -0.3 is 15.0 Å². The van der Waals surface area contributed by atoms with Crippen LogP contribution in [0.25, 0.3) is 0 Å². The Balaban J connectivity index is 4.36. The van der Waals surface area contributed by atoms with Gasteiger partial charge in [0.25, 0.3) is 0 Å². The van der Waals surface area contributed by atoms with E-state index in [1.165, 1.54) is 7.11 Å². The smallest absolute Gasteiger partial charge is 0.322 e. The molecule has 2 unspecified atom stereocenters.